The molecule has 0 aromatic carbocycles. The van der Waals surface area contributed by atoms with Gasteiger partial charge in [0.1, 0.15) is 5.69 Å². The van der Waals surface area contributed by atoms with E-state index in [2.05, 4.69) is 22.4 Å². The van der Waals surface area contributed by atoms with E-state index in [0.717, 1.165) is 18.5 Å². The van der Waals surface area contributed by atoms with Crippen molar-refractivity contribution in [2.24, 2.45) is 5.92 Å². The van der Waals surface area contributed by atoms with Gasteiger partial charge in [-0.25, -0.2) is 8.42 Å². The summed E-state index contributed by atoms with van der Waals surface area (Å²) in [5.74, 6) is 0.191. The third-order valence-corrected chi connectivity index (χ3v) is 5.10. The highest BCUT2D eigenvalue weighted by atomic mass is 32.2. The molecule has 1 amide bonds. The Balaban J connectivity index is 1.84. The van der Waals surface area contributed by atoms with Crippen molar-refractivity contribution in [1.29, 1.82) is 0 Å². The van der Waals surface area contributed by atoms with E-state index in [1.165, 1.54) is 0 Å². The average molecular weight is 285 g/mol. The fourth-order valence-electron chi connectivity index (χ4n) is 2.24. The molecule has 2 heterocycles. The van der Waals surface area contributed by atoms with Crippen LogP contribution in [0.2, 0.25) is 0 Å². The summed E-state index contributed by atoms with van der Waals surface area (Å²) >= 11 is 0. The van der Waals surface area contributed by atoms with Crippen molar-refractivity contribution in [2.45, 2.75) is 26.2 Å². The van der Waals surface area contributed by atoms with Crippen molar-refractivity contribution < 1.29 is 13.2 Å². The van der Waals surface area contributed by atoms with Gasteiger partial charge in [-0.2, -0.15) is 5.10 Å². The molecule has 0 spiro atoms. The number of nitrogens with zero attached hydrogens (tertiary/aromatic N) is 1. The lowest BCUT2D eigenvalue weighted by molar-refractivity contribution is 0.0943. The SMILES string of the molecule is CCCc1cc(C(=O)NC[C@H]2CCS(=O)(=O)C2)n[nH]1. The highest BCUT2D eigenvalue weighted by molar-refractivity contribution is 7.91. The predicted octanol–water partition coefficient (Wildman–Crippen LogP) is 0.527. The van der Waals surface area contributed by atoms with Crippen LogP contribution in [0, 0.1) is 5.92 Å². The van der Waals surface area contributed by atoms with Gasteiger partial charge in [0.25, 0.3) is 5.91 Å². The minimum absolute atomic E-state index is 0.0306. The number of carbonyl (C=O) groups excluding carboxylic acids is 1. The Morgan fingerprint density at radius 1 is 1.58 bits per heavy atom. The number of aromatic nitrogens is 2. The lowest BCUT2D eigenvalue weighted by atomic mass is 10.1. The van der Waals surface area contributed by atoms with Crippen molar-refractivity contribution in [3.8, 4) is 0 Å². The third kappa shape index (κ3) is 3.79. The molecule has 6 nitrogen and oxygen atoms in total. The number of H-pyrrole nitrogens is 1. The molecule has 1 aromatic heterocycles. The monoisotopic (exact) mass is 285 g/mol. The van der Waals surface area contributed by atoms with Crippen LogP contribution >= 0.6 is 0 Å². The molecule has 1 aliphatic rings. The maximum atomic E-state index is 11.8. The molecule has 1 aromatic rings. The first-order valence-electron chi connectivity index (χ1n) is 6.53. The number of amides is 1. The van der Waals surface area contributed by atoms with E-state index in [1.807, 2.05) is 0 Å². The highest BCUT2D eigenvalue weighted by Gasteiger charge is 2.28. The predicted molar refractivity (Wildman–Crippen MR) is 71.7 cm³/mol. The lowest BCUT2D eigenvalue weighted by Crippen LogP contribution is -2.30. The van der Waals surface area contributed by atoms with Gasteiger partial charge >= 0.3 is 0 Å². The number of aryl methyl sites for hydroxylation is 1. The molecule has 0 saturated carbocycles. The summed E-state index contributed by atoms with van der Waals surface area (Å²) in [6.07, 6.45) is 2.48. The largest absolute Gasteiger partial charge is 0.350 e. The smallest absolute Gasteiger partial charge is 0.271 e. The molecule has 106 valence electrons. The van der Waals surface area contributed by atoms with Crippen molar-refractivity contribution in [1.82, 2.24) is 15.5 Å². The Bertz CT molecular complexity index is 550. The average Bonchev–Trinajstić information content (AvgIpc) is 2.93. The zero-order chi connectivity index (χ0) is 13.9. The summed E-state index contributed by atoms with van der Waals surface area (Å²) in [6, 6.07) is 1.74. The molecule has 2 rings (SSSR count). The molecular weight excluding hydrogens is 266 g/mol. The molecule has 1 saturated heterocycles. The maximum Gasteiger partial charge on any atom is 0.271 e. The van der Waals surface area contributed by atoms with Crippen LogP contribution < -0.4 is 5.32 Å². The summed E-state index contributed by atoms with van der Waals surface area (Å²) < 4.78 is 22.6. The molecule has 19 heavy (non-hydrogen) atoms. The first kappa shape index (κ1) is 14.0. The normalized spacial score (nSPS) is 21.4. The van der Waals surface area contributed by atoms with E-state index in [0.29, 0.717) is 18.7 Å². The Morgan fingerprint density at radius 2 is 2.37 bits per heavy atom. The van der Waals surface area contributed by atoms with Crippen LogP contribution in [0.25, 0.3) is 0 Å². The van der Waals surface area contributed by atoms with Crippen molar-refractivity contribution in [3.63, 3.8) is 0 Å². The molecule has 0 unspecified atom stereocenters. The minimum Gasteiger partial charge on any atom is -0.350 e. The molecule has 2 N–H and O–H groups in total. The minimum atomic E-state index is -2.88. The second-order valence-corrected chi connectivity index (χ2v) is 7.24. The number of carbonyl (C=O) groups is 1. The van der Waals surface area contributed by atoms with E-state index < -0.39 is 9.84 Å². The molecule has 0 aliphatic carbocycles. The van der Waals surface area contributed by atoms with E-state index in [-0.39, 0.29) is 23.3 Å². The van der Waals surface area contributed by atoms with Crippen LogP contribution in [0.1, 0.15) is 35.9 Å². The second kappa shape index (κ2) is 5.73. The van der Waals surface area contributed by atoms with Crippen LogP contribution in [0.4, 0.5) is 0 Å². The molecule has 0 radical (unpaired) electrons. The molecule has 1 fully saturated rings. The summed E-state index contributed by atoms with van der Waals surface area (Å²) in [5.41, 5.74) is 1.31. The summed E-state index contributed by atoms with van der Waals surface area (Å²) in [4.78, 5) is 11.8. The zero-order valence-corrected chi connectivity index (χ0v) is 11.8. The van der Waals surface area contributed by atoms with Gasteiger partial charge in [-0.1, -0.05) is 13.3 Å². The van der Waals surface area contributed by atoms with E-state index in [4.69, 9.17) is 0 Å². The number of rotatable bonds is 5. The van der Waals surface area contributed by atoms with Gasteiger partial charge < -0.3 is 5.32 Å². The van der Waals surface area contributed by atoms with Gasteiger partial charge in [0.15, 0.2) is 9.84 Å². The van der Waals surface area contributed by atoms with Gasteiger partial charge in [-0.15, -0.1) is 0 Å². The van der Waals surface area contributed by atoms with Crippen LogP contribution in [0.3, 0.4) is 0 Å². The molecule has 7 heteroatoms. The van der Waals surface area contributed by atoms with Gasteiger partial charge in [0.05, 0.1) is 11.5 Å². The van der Waals surface area contributed by atoms with E-state index >= 15 is 0 Å². The van der Waals surface area contributed by atoms with Crippen molar-refractivity contribution in [3.05, 3.63) is 17.5 Å². The first-order chi connectivity index (χ1) is 9.00. The standard InChI is InChI=1S/C12H19N3O3S/c1-2-3-10-6-11(15-14-10)12(16)13-7-9-4-5-19(17,18)8-9/h6,9H,2-5,7-8H2,1H3,(H,13,16)(H,14,15)/t9-/m1/s1. The van der Waals surface area contributed by atoms with Crippen LogP contribution in [0.15, 0.2) is 6.07 Å². The zero-order valence-electron chi connectivity index (χ0n) is 11.0. The van der Waals surface area contributed by atoms with Crippen LogP contribution in [0.5, 0.6) is 0 Å². The lowest BCUT2D eigenvalue weighted by Gasteiger charge is -2.07. The Morgan fingerprint density at radius 3 is 3.00 bits per heavy atom. The fraction of sp³-hybridized carbons (Fsp3) is 0.667. The van der Waals surface area contributed by atoms with Crippen LogP contribution in [-0.2, 0) is 16.3 Å². The Hall–Kier alpha value is -1.37. The van der Waals surface area contributed by atoms with E-state index in [1.54, 1.807) is 6.07 Å². The molecule has 1 atom stereocenters. The van der Waals surface area contributed by atoms with Gasteiger partial charge in [-0.3, -0.25) is 9.89 Å². The first-order valence-corrected chi connectivity index (χ1v) is 8.35. The van der Waals surface area contributed by atoms with Gasteiger partial charge in [-0.05, 0) is 24.8 Å². The highest BCUT2D eigenvalue weighted by Crippen LogP contribution is 2.17. The van der Waals surface area contributed by atoms with Crippen LogP contribution in [-0.4, -0.2) is 42.6 Å². The van der Waals surface area contributed by atoms with Crippen molar-refractivity contribution in [2.75, 3.05) is 18.1 Å². The van der Waals surface area contributed by atoms with Gasteiger partial charge in [0, 0.05) is 12.2 Å². The number of aromatic amines is 1. The molecule has 0 bridgehead atoms. The molecule has 1 aliphatic heterocycles. The quantitative estimate of drug-likeness (QED) is 0.825. The maximum absolute atomic E-state index is 11.8. The Kier molecular flexibility index (Phi) is 4.24. The third-order valence-electron chi connectivity index (χ3n) is 3.26. The van der Waals surface area contributed by atoms with E-state index in [9.17, 15) is 13.2 Å². The number of hydrogen-bond donors (Lipinski definition) is 2. The second-order valence-electron chi connectivity index (χ2n) is 5.01. The Labute approximate surface area is 112 Å². The molecular formula is C12H19N3O3S. The summed E-state index contributed by atoms with van der Waals surface area (Å²) in [6.45, 7) is 2.45. The number of nitrogens with one attached hydrogen (secondary N) is 2. The number of sulfone groups is 1. The topological polar surface area (TPSA) is 91.9 Å². The van der Waals surface area contributed by atoms with Gasteiger partial charge in [0.2, 0.25) is 0 Å². The fourth-order valence-corrected chi connectivity index (χ4v) is 4.10. The summed E-state index contributed by atoms with van der Waals surface area (Å²) in [5, 5.41) is 9.52. The number of hydrogen-bond acceptors (Lipinski definition) is 4. The summed E-state index contributed by atoms with van der Waals surface area (Å²) in [7, 11) is -2.88. The van der Waals surface area contributed by atoms with Crippen molar-refractivity contribution >= 4 is 15.7 Å².